The molecular weight excluding hydrogens is 358 g/mol. The third-order valence-corrected chi connectivity index (χ3v) is 5.41. The summed E-state index contributed by atoms with van der Waals surface area (Å²) >= 11 is 0. The van der Waals surface area contributed by atoms with Crippen LogP contribution in [-0.4, -0.2) is 27.8 Å². The van der Waals surface area contributed by atoms with Crippen molar-refractivity contribution < 1.29 is 14.0 Å². The van der Waals surface area contributed by atoms with Crippen LogP contribution in [0.1, 0.15) is 52.4 Å². The third kappa shape index (κ3) is 2.87. The highest BCUT2D eigenvalue weighted by atomic mass is 16.3. The van der Waals surface area contributed by atoms with Crippen LogP contribution in [0.25, 0.3) is 11.0 Å². The van der Waals surface area contributed by atoms with Crippen LogP contribution in [0.15, 0.2) is 34.9 Å². The van der Waals surface area contributed by atoms with Crippen LogP contribution in [0.3, 0.4) is 0 Å². The number of nitrogens with zero attached hydrogens (tertiary/aromatic N) is 2. The van der Waals surface area contributed by atoms with Gasteiger partial charge in [0.25, 0.3) is 11.8 Å². The number of anilines is 1. The fourth-order valence-corrected chi connectivity index (χ4v) is 3.82. The Kier molecular flexibility index (Phi) is 4.06. The van der Waals surface area contributed by atoms with Crippen LogP contribution >= 0.6 is 0 Å². The number of carbonyl (C=O) groups excluding carboxylic acids is 2. The van der Waals surface area contributed by atoms with Crippen molar-refractivity contribution in [1.29, 1.82) is 0 Å². The summed E-state index contributed by atoms with van der Waals surface area (Å²) in [6.45, 7) is 4.08. The van der Waals surface area contributed by atoms with E-state index in [0.717, 1.165) is 29.5 Å². The monoisotopic (exact) mass is 379 g/mol. The molecule has 0 saturated carbocycles. The van der Waals surface area contributed by atoms with Crippen LogP contribution in [-0.2, 0) is 11.8 Å². The van der Waals surface area contributed by atoms with Gasteiger partial charge in [-0.05, 0) is 42.7 Å². The number of pyridine rings is 2. The molecule has 0 aromatic carbocycles. The summed E-state index contributed by atoms with van der Waals surface area (Å²) in [5.41, 5.74) is 13.3. The fraction of sp³-hybridized carbons (Fsp3) is 0.300. The van der Waals surface area contributed by atoms with Gasteiger partial charge < -0.3 is 21.2 Å². The maximum atomic E-state index is 12.4. The minimum absolute atomic E-state index is 0.0590. The minimum Gasteiger partial charge on any atom is -0.459 e. The normalized spacial score (nSPS) is 17.9. The van der Waals surface area contributed by atoms with Gasteiger partial charge in [0.15, 0.2) is 11.4 Å². The Morgan fingerprint density at radius 1 is 1.29 bits per heavy atom. The second-order valence-corrected chi connectivity index (χ2v) is 7.59. The van der Waals surface area contributed by atoms with E-state index in [2.05, 4.69) is 10.3 Å². The molecule has 1 atom stereocenters. The Morgan fingerprint density at radius 2 is 2.07 bits per heavy atom. The van der Waals surface area contributed by atoms with Crippen LogP contribution in [0.5, 0.6) is 0 Å². The third-order valence-electron chi connectivity index (χ3n) is 5.41. The lowest BCUT2D eigenvalue weighted by molar-refractivity contribution is 0.0882. The summed E-state index contributed by atoms with van der Waals surface area (Å²) in [5, 5.41) is 3.78. The highest BCUT2D eigenvalue weighted by molar-refractivity contribution is 6.00. The maximum absolute atomic E-state index is 12.4. The number of primary amides is 1. The smallest absolute Gasteiger partial charge is 0.287 e. The van der Waals surface area contributed by atoms with Gasteiger partial charge in [-0.3, -0.25) is 9.59 Å². The van der Waals surface area contributed by atoms with Crippen molar-refractivity contribution in [3.63, 3.8) is 0 Å². The SMILES string of the molecule is CC1(C)c2nc3nc(N)c(C(N)=O)cc3cc2CCC1NC(=O)c1ccco1. The molecule has 8 heteroatoms. The number of nitrogens with one attached hydrogen (secondary N) is 1. The number of hydrogen-bond acceptors (Lipinski definition) is 6. The van der Waals surface area contributed by atoms with Crippen LogP contribution in [0, 0.1) is 0 Å². The molecule has 1 aliphatic rings. The van der Waals surface area contributed by atoms with E-state index in [0.29, 0.717) is 5.65 Å². The molecule has 0 bridgehead atoms. The lowest BCUT2D eigenvalue weighted by Gasteiger charge is -2.39. The summed E-state index contributed by atoms with van der Waals surface area (Å²) in [4.78, 5) is 33.0. The molecule has 1 unspecified atom stereocenters. The molecule has 5 N–H and O–H groups in total. The van der Waals surface area contributed by atoms with E-state index in [1.165, 1.54) is 6.26 Å². The standard InChI is InChI=1S/C20H21N5O3/c1-20(2)14(23-19(27)13-4-3-7-28-13)6-5-10-8-11-9-12(17(22)26)16(21)25-18(11)24-15(10)20/h3-4,7-9,14H,5-6H2,1-2H3,(H2,22,26)(H,23,27)(H2,21,24,25). The van der Waals surface area contributed by atoms with Crippen molar-refractivity contribution in [2.24, 2.45) is 5.73 Å². The zero-order valence-electron chi connectivity index (χ0n) is 15.7. The molecule has 144 valence electrons. The Hall–Kier alpha value is -3.42. The number of nitrogen functional groups attached to an aromatic ring is 1. The average molecular weight is 379 g/mol. The summed E-state index contributed by atoms with van der Waals surface area (Å²) in [5.74, 6) is -0.531. The van der Waals surface area contributed by atoms with Crippen molar-refractivity contribution in [3.8, 4) is 0 Å². The molecule has 0 fully saturated rings. The zero-order valence-corrected chi connectivity index (χ0v) is 15.7. The highest BCUT2D eigenvalue weighted by Crippen LogP contribution is 2.37. The number of fused-ring (bicyclic) bond motifs is 2. The van der Waals surface area contributed by atoms with Gasteiger partial charge in [0.2, 0.25) is 0 Å². The predicted molar refractivity (Wildman–Crippen MR) is 104 cm³/mol. The predicted octanol–water partition coefficient (Wildman–Crippen LogP) is 1.93. The molecule has 0 saturated heterocycles. The number of amides is 2. The zero-order chi connectivity index (χ0) is 20.1. The average Bonchev–Trinajstić information content (AvgIpc) is 3.17. The van der Waals surface area contributed by atoms with Crippen LogP contribution < -0.4 is 16.8 Å². The minimum atomic E-state index is -0.620. The molecule has 3 aromatic heterocycles. The molecule has 3 heterocycles. The first kappa shape index (κ1) is 18.0. The van der Waals surface area contributed by atoms with Crippen molar-refractivity contribution in [2.75, 3.05) is 5.73 Å². The summed E-state index contributed by atoms with van der Waals surface area (Å²) in [7, 11) is 0. The van der Waals surface area contributed by atoms with E-state index in [-0.39, 0.29) is 29.1 Å². The molecule has 0 aliphatic heterocycles. The molecule has 0 spiro atoms. The summed E-state index contributed by atoms with van der Waals surface area (Å²) < 4.78 is 5.19. The van der Waals surface area contributed by atoms with Gasteiger partial charge in [0.1, 0.15) is 5.82 Å². The number of rotatable bonds is 3. The highest BCUT2D eigenvalue weighted by Gasteiger charge is 2.39. The number of nitrogens with two attached hydrogens (primary N) is 2. The number of carbonyl (C=O) groups is 2. The molecule has 0 radical (unpaired) electrons. The first-order valence-corrected chi connectivity index (χ1v) is 9.02. The van der Waals surface area contributed by atoms with Crippen molar-refractivity contribution >= 4 is 28.7 Å². The van der Waals surface area contributed by atoms with Crippen LogP contribution in [0.2, 0.25) is 0 Å². The molecule has 28 heavy (non-hydrogen) atoms. The van der Waals surface area contributed by atoms with Gasteiger partial charge in [0, 0.05) is 16.8 Å². The van der Waals surface area contributed by atoms with Crippen molar-refractivity contribution in [1.82, 2.24) is 15.3 Å². The topological polar surface area (TPSA) is 137 Å². The number of hydrogen-bond donors (Lipinski definition) is 3. The Bertz CT molecular complexity index is 1090. The molecule has 8 nitrogen and oxygen atoms in total. The Labute approximate surface area is 161 Å². The fourth-order valence-electron chi connectivity index (χ4n) is 3.82. The lowest BCUT2D eigenvalue weighted by Crippen LogP contribution is -2.50. The van der Waals surface area contributed by atoms with E-state index >= 15 is 0 Å². The Balaban J connectivity index is 1.72. The van der Waals surface area contributed by atoms with Gasteiger partial charge in [-0.25, -0.2) is 9.97 Å². The van der Waals surface area contributed by atoms with E-state index < -0.39 is 11.3 Å². The van der Waals surface area contributed by atoms with Gasteiger partial charge in [-0.1, -0.05) is 13.8 Å². The van der Waals surface area contributed by atoms with Crippen molar-refractivity contribution in [2.45, 2.75) is 38.1 Å². The van der Waals surface area contributed by atoms with E-state index in [9.17, 15) is 9.59 Å². The summed E-state index contributed by atoms with van der Waals surface area (Å²) in [6.07, 6.45) is 2.96. The second-order valence-electron chi connectivity index (χ2n) is 7.59. The Morgan fingerprint density at radius 3 is 2.75 bits per heavy atom. The van der Waals surface area contributed by atoms with Gasteiger partial charge in [-0.2, -0.15) is 0 Å². The quantitative estimate of drug-likeness (QED) is 0.636. The molecule has 1 aliphatic carbocycles. The molecule has 2 amide bonds. The maximum Gasteiger partial charge on any atom is 0.287 e. The number of furan rings is 1. The van der Waals surface area contributed by atoms with Gasteiger partial charge in [-0.15, -0.1) is 0 Å². The number of aromatic nitrogens is 2. The number of aryl methyl sites for hydroxylation is 1. The summed E-state index contributed by atoms with van der Waals surface area (Å²) in [6, 6.07) is 6.80. The van der Waals surface area contributed by atoms with E-state index in [1.54, 1.807) is 18.2 Å². The van der Waals surface area contributed by atoms with E-state index in [4.69, 9.17) is 20.9 Å². The first-order chi connectivity index (χ1) is 13.3. The van der Waals surface area contributed by atoms with Crippen molar-refractivity contribution in [3.05, 3.63) is 53.1 Å². The van der Waals surface area contributed by atoms with Crippen LogP contribution in [0.4, 0.5) is 5.82 Å². The van der Waals surface area contributed by atoms with Gasteiger partial charge >= 0.3 is 0 Å². The van der Waals surface area contributed by atoms with E-state index in [1.807, 2.05) is 19.9 Å². The lowest BCUT2D eigenvalue weighted by atomic mass is 9.71. The molecule has 3 aromatic rings. The second kappa shape index (κ2) is 6.33. The first-order valence-electron chi connectivity index (χ1n) is 9.02. The largest absolute Gasteiger partial charge is 0.459 e. The van der Waals surface area contributed by atoms with Gasteiger partial charge in [0.05, 0.1) is 17.5 Å². The molecular formula is C20H21N5O3. The molecule has 4 rings (SSSR count).